The predicted octanol–water partition coefficient (Wildman–Crippen LogP) is -0.506. The summed E-state index contributed by atoms with van der Waals surface area (Å²) in [6, 6.07) is 0. The molecule has 2 aliphatic rings. The fourth-order valence-corrected chi connectivity index (χ4v) is 2.94. The quantitative estimate of drug-likeness (QED) is 0.599. The molecule has 0 atom stereocenters. The third-order valence-electron chi connectivity index (χ3n) is 2.81. The van der Waals surface area contributed by atoms with Crippen molar-refractivity contribution in [2.45, 2.75) is 18.9 Å². The highest BCUT2D eigenvalue weighted by atomic mass is 32.2. The number of carbonyl (C=O) groups excluding carboxylic acids is 1. The van der Waals surface area contributed by atoms with Gasteiger partial charge in [0, 0.05) is 18.5 Å². The Balaban J connectivity index is 1.78. The summed E-state index contributed by atoms with van der Waals surface area (Å²) in [5.74, 6) is 0. The number of nitrogens with zero attached hydrogens (tertiary/aromatic N) is 1. The van der Waals surface area contributed by atoms with Crippen LogP contribution in [0.25, 0.3) is 0 Å². The molecule has 0 aromatic rings. The summed E-state index contributed by atoms with van der Waals surface area (Å²) in [5.41, 5.74) is 0.132. The number of rotatable bonds is 3. The van der Waals surface area contributed by atoms with Crippen LogP contribution in [0, 0.1) is 5.41 Å². The van der Waals surface area contributed by atoms with Gasteiger partial charge in [-0.25, -0.2) is 0 Å². The van der Waals surface area contributed by atoms with Gasteiger partial charge in [0.15, 0.2) is 0 Å². The Hall–Kier alpha value is -0.620. The fraction of sp³-hybridized carbons (Fsp3) is 0.875. The van der Waals surface area contributed by atoms with Gasteiger partial charge in [0.2, 0.25) is 0 Å². The maximum absolute atomic E-state index is 10.8. The van der Waals surface area contributed by atoms with Crippen LogP contribution in [-0.2, 0) is 19.1 Å². The maximum Gasteiger partial charge on any atom is 0.312 e. The van der Waals surface area contributed by atoms with E-state index in [1.807, 2.05) is 6.41 Å². The van der Waals surface area contributed by atoms with Gasteiger partial charge >= 0.3 is 6.41 Å². The van der Waals surface area contributed by atoms with Crippen LogP contribution in [0.15, 0.2) is 0 Å². The van der Waals surface area contributed by atoms with E-state index in [0.717, 1.165) is 19.1 Å². The molecule has 5 nitrogen and oxygen atoms in total. The van der Waals surface area contributed by atoms with Gasteiger partial charge in [0.05, 0.1) is 12.4 Å². The van der Waals surface area contributed by atoms with Crippen LogP contribution < -0.4 is 0 Å². The first-order chi connectivity index (χ1) is 6.42. The lowest BCUT2D eigenvalue weighted by molar-refractivity contribution is -0.0906. The Kier molecular flexibility index (Phi) is 2.08. The molecule has 0 aromatic heterocycles. The van der Waals surface area contributed by atoms with Crippen LogP contribution in [0.3, 0.4) is 0 Å². The van der Waals surface area contributed by atoms with E-state index in [-0.39, 0.29) is 11.5 Å². The Morgan fingerprint density at radius 2 is 2.00 bits per heavy atom. The molecule has 0 bridgehead atoms. The van der Waals surface area contributed by atoms with Crippen molar-refractivity contribution in [3.63, 3.8) is 0 Å². The molecular weight excluding hydrogens is 206 g/mol. The molecule has 1 radical (unpaired) electrons. The normalized spacial score (nSPS) is 25.6. The van der Waals surface area contributed by atoms with E-state index in [1.54, 1.807) is 4.90 Å². The molecule has 14 heavy (non-hydrogen) atoms. The molecule has 1 aliphatic heterocycles. The van der Waals surface area contributed by atoms with Crippen molar-refractivity contribution in [1.29, 1.82) is 0 Å². The minimum Gasteiger partial charge on any atom is -0.333 e. The Morgan fingerprint density at radius 3 is 2.43 bits per heavy atom. The van der Waals surface area contributed by atoms with Crippen LogP contribution in [0.4, 0.5) is 0 Å². The van der Waals surface area contributed by atoms with E-state index in [2.05, 4.69) is 0 Å². The molecule has 1 aliphatic carbocycles. The molecule has 2 fully saturated rings. The molecule has 0 aromatic carbocycles. The van der Waals surface area contributed by atoms with E-state index in [4.69, 9.17) is 4.18 Å². The molecule has 1 heterocycles. The van der Waals surface area contributed by atoms with E-state index in [0.29, 0.717) is 13.1 Å². The molecule has 0 N–H and O–H groups in total. The minimum absolute atomic E-state index is 0.132. The highest BCUT2D eigenvalue weighted by molar-refractivity contribution is 7.86. The van der Waals surface area contributed by atoms with Gasteiger partial charge in [-0.05, 0) is 12.8 Å². The molecule has 79 valence electrons. The third kappa shape index (κ3) is 1.76. The third-order valence-corrected chi connectivity index (χ3v) is 3.44. The molecule has 1 saturated carbocycles. The SMILES string of the molecule is CS(=O)(=O)OC1CC2(C1)CN([C]=O)C2. The zero-order valence-electron chi connectivity index (χ0n) is 7.89. The van der Waals surface area contributed by atoms with Gasteiger partial charge in [0.25, 0.3) is 10.1 Å². The molecule has 0 unspecified atom stereocenters. The second-order valence-corrected chi connectivity index (χ2v) is 5.88. The average molecular weight is 218 g/mol. The van der Waals surface area contributed by atoms with Gasteiger partial charge in [-0.1, -0.05) is 0 Å². The lowest BCUT2D eigenvalue weighted by atomic mass is 9.62. The monoisotopic (exact) mass is 218 g/mol. The maximum atomic E-state index is 10.8. The largest absolute Gasteiger partial charge is 0.333 e. The predicted molar refractivity (Wildman–Crippen MR) is 48.7 cm³/mol. The first-order valence-corrected chi connectivity index (χ1v) is 6.25. The van der Waals surface area contributed by atoms with E-state index in [9.17, 15) is 13.2 Å². The van der Waals surface area contributed by atoms with Crippen LogP contribution >= 0.6 is 0 Å². The molecule has 6 heteroatoms. The van der Waals surface area contributed by atoms with E-state index >= 15 is 0 Å². The summed E-state index contributed by atoms with van der Waals surface area (Å²) in [4.78, 5) is 11.8. The Labute approximate surface area is 83.2 Å². The lowest BCUT2D eigenvalue weighted by Gasteiger charge is -2.56. The second kappa shape index (κ2) is 2.93. The molecule has 2 rings (SSSR count). The first-order valence-electron chi connectivity index (χ1n) is 4.43. The highest BCUT2D eigenvalue weighted by Crippen LogP contribution is 2.49. The Bertz CT molecular complexity index is 336. The second-order valence-electron chi connectivity index (χ2n) is 4.28. The summed E-state index contributed by atoms with van der Waals surface area (Å²) in [6.07, 6.45) is 4.16. The summed E-state index contributed by atoms with van der Waals surface area (Å²) in [7, 11) is -3.33. The van der Waals surface area contributed by atoms with Crippen molar-refractivity contribution in [3.8, 4) is 0 Å². The summed E-state index contributed by atoms with van der Waals surface area (Å²) in [6.45, 7) is 1.39. The van der Waals surface area contributed by atoms with Crippen LogP contribution in [-0.4, -0.2) is 45.2 Å². The van der Waals surface area contributed by atoms with E-state index in [1.165, 1.54) is 0 Å². The summed E-state index contributed by atoms with van der Waals surface area (Å²) < 4.78 is 26.4. The molecule has 1 saturated heterocycles. The molecular formula is C8H12NO4S. The fourth-order valence-electron chi connectivity index (χ4n) is 2.31. The van der Waals surface area contributed by atoms with E-state index < -0.39 is 10.1 Å². The number of likely N-dealkylation sites (tertiary alicyclic amines) is 1. The van der Waals surface area contributed by atoms with Gasteiger partial charge in [-0.2, -0.15) is 8.42 Å². The van der Waals surface area contributed by atoms with Crippen molar-refractivity contribution in [1.82, 2.24) is 4.90 Å². The molecule has 1 amide bonds. The van der Waals surface area contributed by atoms with Gasteiger partial charge < -0.3 is 4.90 Å². The topological polar surface area (TPSA) is 63.7 Å². The standard InChI is InChI=1S/C8H12NO4S/c1-14(11,12)13-7-2-8(3-7)4-9(5-8)6-10/h7H,2-5H2,1H3. The van der Waals surface area contributed by atoms with Crippen molar-refractivity contribution in [2.24, 2.45) is 5.41 Å². The van der Waals surface area contributed by atoms with Crippen LogP contribution in [0.1, 0.15) is 12.8 Å². The summed E-state index contributed by atoms with van der Waals surface area (Å²) >= 11 is 0. The zero-order valence-corrected chi connectivity index (χ0v) is 8.71. The van der Waals surface area contributed by atoms with Crippen molar-refractivity contribution >= 4 is 16.5 Å². The van der Waals surface area contributed by atoms with Crippen LogP contribution in [0.5, 0.6) is 0 Å². The highest BCUT2D eigenvalue weighted by Gasteiger charge is 2.53. The molecule has 1 spiro atoms. The van der Waals surface area contributed by atoms with Gasteiger partial charge in [-0.15, -0.1) is 0 Å². The van der Waals surface area contributed by atoms with Crippen LogP contribution in [0.2, 0.25) is 0 Å². The zero-order chi connectivity index (χ0) is 10.4. The number of hydrogen-bond acceptors (Lipinski definition) is 4. The number of amides is 1. The summed E-state index contributed by atoms with van der Waals surface area (Å²) in [5, 5.41) is 0. The smallest absolute Gasteiger partial charge is 0.312 e. The first kappa shape index (κ1) is 9.92. The number of hydrogen-bond donors (Lipinski definition) is 0. The van der Waals surface area contributed by atoms with Crippen molar-refractivity contribution < 1.29 is 17.4 Å². The lowest BCUT2D eigenvalue weighted by Crippen LogP contribution is -2.63. The van der Waals surface area contributed by atoms with Gasteiger partial charge in [-0.3, -0.25) is 8.98 Å². The minimum atomic E-state index is -3.33. The van der Waals surface area contributed by atoms with Crippen molar-refractivity contribution in [2.75, 3.05) is 19.3 Å². The average Bonchev–Trinajstić information content (AvgIpc) is 1.88. The van der Waals surface area contributed by atoms with Gasteiger partial charge in [0.1, 0.15) is 0 Å². The van der Waals surface area contributed by atoms with Crippen molar-refractivity contribution in [3.05, 3.63) is 0 Å². The Morgan fingerprint density at radius 1 is 1.43 bits per heavy atom.